The van der Waals surface area contributed by atoms with Gasteiger partial charge in [-0.2, -0.15) is 0 Å². The molecule has 0 atom stereocenters. The van der Waals surface area contributed by atoms with E-state index in [-0.39, 0.29) is 4.90 Å². The molecule has 1 aromatic heterocycles. The van der Waals surface area contributed by atoms with E-state index in [1.807, 2.05) is 13.0 Å². The van der Waals surface area contributed by atoms with Crippen LogP contribution in [0.3, 0.4) is 0 Å². The standard InChI is InChI=1S/C13H13ClN2O2S/c1-9-3-4-10(2)12(7-9)19(17,18)16-11-5-6-13(14)15-8-11/h3-8,16H,1-2H3. The van der Waals surface area contributed by atoms with E-state index in [9.17, 15) is 8.42 Å². The normalized spacial score (nSPS) is 11.3. The van der Waals surface area contributed by atoms with Gasteiger partial charge in [0, 0.05) is 0 Å². The van der Waals surface area contributed by atoms with Crippen LogP contribution in [0, 0.1) is 13.8 Å². The van der Waals surface area contributed by atoms with Gasteiger partial charge in [0.1, 0.15) is 5.15 Å². The van der Waals surface area contributed by atoms with Crippen molar-refractivity contribution in [2.45, 2.75) is 18.7 Å². The zero-order chi connectivity index (χ0) is 14.0. The molecule has 0 aliphatic carbocycles. The monoisotopic (exact) mass is 296 g/mol. The van der Waals surface area contributed by atoms with Crippen molar-refractivity contribution in [2.75, 3.05) is 4.72 Å². The van der Waals surface area contributed by atoms with E-state index in [4.69, 9.17) is 11.6 Å². The molecule has 6 heteroatoms. The Bertz CT molecular complexity index is 697. The van der Waals surface area contributed by atoms with E-state index >= 15 is 0 Å². The molecule has 1 aromatic carbocycles. The SMILES string of the molecule is Cc1ccc(C)c(S(=O)(=O)Nc2ccc(Cl)nc2)c1. The molecule has 2 aromatic rings. The average Bonchev–Trinajstić information content (AvgIpc) is 2.35. The molecule has 0 fully saturated rings. The smallest absolute Gasteiger partial charge is 0.262 e. The third-order valence-corrected chi connectivity index (χ3v) is 4.36. The first-order valence-electron chi connectivity index (χ1n) is 5.60. The number of pyridine rings is 1. The number of hydrogen-bond donors (Lipinski definition) is 1. The van der Waals surface area contributed by atoms with E-state index in [1.165, 1.54) is 12.3 Å². The van der Waals surface area contributed by atoms with Gasteiger partial charge in [-0.25, -0.2) is 13.4 Å². The molecule has 1 heterocycles. The Kier molecular flexibility index (Phi) is 3.78. The lowest BCUT2D eigenvalue weighted by atomic mass is 10.2. The highest BCUT2D eigenvalue weighted by Gasteiger charge is 2.17. The Hall–Kier alpha value is -1.59. The summed E-state index contributed by atoms with van der Waals surface area (Å²) in [4.78, 5) is 4.10. The van der Waals surface area contributed by atoms with Gasteiger partial charge in [0.15, 0.2) is 0 Å². The van der Waals surface area contributed by atoms with Gasteiger partial charge >= 0.3 is 0 Å². The minimum atomic E-state index is -3.61. The van der Waals surface area contributed by atoms with Crippen molar-refractivity contribution in [3.05, 3.63) is 52.8 Å². The predicted molar refractivity (Wildman–Crippen MR) is 76.0 cm³/mol. The number of nitrogens with zero attached hydrogens (tertiary/aromatic N) is 1. The first-order chi connectivity index (χ1) is 8.88. The third-order valence-electron chi connectivity index (χ3n) is 2.61. The number of rotatable bonds is 3. The van der Waals surface area contributed by atoms with Crippen LogP contribution in [-0.2, 0) is 10.0 Å². The summed E-state index contributed by atoms with van der Waals surface area (Å²) in [5, 5.41) is 0.315. The highest BCUT2D eigenvalue weighted by Crippen LogP contribution is 2.20. The second-order valence-corrected chi connectivity index (χ2v) is 6.28. The van der Waals surface area contributed by atoms with Crippen molar-refractivity contribution in [3.8, 4) is 0 Å². The minimum absolute atomic E-state index is 0.266. The Morgan fingerprint density at radius 2 is 1.89 bits per heavy atom. The first-order valence-corrected chi connectivity index (χ1v) is 7.46. The topological polar surface area (TPSA) is 59.1 Å². The summed E-state index contributed by atoms with van der Waals surface area (Å²) in [6, 6.07) is 8.39. The molecule has 2 rings (SSSR count). The van der Waals surface area contributed by atoms with Crippen molar-refractivity contribution >= 4 is 27.3 Å². The Morgan fingerprint density at radius 1 is 1.16 bits per heavy atom. The number of halogens is 1. The molecular weight excluding hydrogens is 284 g/mol. The van der Waals surface area contributed by atoms with Crippen LogP contribution in [0.5, 0.6) is 0 Å². The number of nitrogens with one attached hydrogen (secondary N) is 1. The van der Waals surface area contributed by atoms with Crippen LogP contribution in [0.1, 0.15) is 11.1 Å². The lowest BCUT2D eigenvalue weighted by Crippen LogP contribution is -2.14. The molecular formula is C13H13ClN2O2S. The lowest BCUT2D eigenvalue weighted by Gasteiger charge is -2.10. The van der Waals surface area contributed by atoms with Crippen LogP contribution in [0.25, 0.3) is 0 Å². The average molecular weight is 297 g/mol. The predicted octanol–water partition coefficient (Wildman–Crippen LogP) is 3.15. The van der Waals surface area contributed by atoms with E-state index in [0.29, 0.717) is 16.4 Å². The number of aryl methyl sites for hydroxylation is 2. The molecule has 0 saturated heterocycles. The molecule has 1 N–H and O–H groups in total. The molecule has 0 aliphatic heterocycles. The fraction of sp³-hybridized carbons (Fsp3) is 0.154. The van der Waals surface area contributed by atoms with Gasteiger partial charge in [0.25, 0.3) is 10.0 Å². The van der Waals surface area contributed by atoms with Crippen molar-refractivity contribution in [1.29, 1.82) is 0 Å². The Balaban J connectivity index is 2.37. The first kappa shape index (κ1) is 13.8. The number of hydrogen-bond acceptors (Lipinski definition) is 3. The Labute approximate surface area is 117 Å². The summed E-state index contributed by atoms with van der Waals surface area (Å²) >= 11 is 5.66. The number of benzene rings is 1. The van der Waals surface area contributed by atoms with Gasteiger partial charge in [0.2, 0.25) is 0 Å². The number of aromatic nitrogens is 1. The molecule has 19 heavy (non-hydrogen) atoms. The summed E-state index contributed by atoms with van der Waals surface area (Å²) in [6.45, 7) is 3.61. The van der Waals surface area contributed by atoms with Crippen LogP contribution in [0.2, 0.25) is 5.15 Å². The van der Waals surface area contributed by atoms with Crippen molar-refractivity contribution < 1.29 is 8.42 Å². The van der Waals surface area contributed by atoms with Gasteiger partial charge in [0.05, 0.1) is 16.8 Å². The zero-order valence-electron chi connectivity index (χ0n) is 10.5. The summed E-state index contributed by atoms with van der Waals surface area (Å²) in [7, 11) is -3.61. The third kappa shape index (κ3) is 3.24. The van der Waals surface area contributed by atoms with Crippen molar-refractivity contribution in [1.82, 2.24) is 4.98 Å². The summed E-state index contributed by atoms with van der Waals surface area (Å²) in [5.41, 5.74) is 1.96. The maximum absolute atomic E-state index is 12.3. The molecule has 0 saturated carbocycles. The minimum Gasteiger partial charge on any atom is -0.278 e. The van der Waals surface area contributed by atoms with Crippen LogP contribution in [0.4, 0.5) is 5.69 Å². The lowest BCUT2D eigenvalue weighted by molar-refractivity contribution is 0.600. The van der Waals surface area contributed by atoms with Gasteiger partial charge in [-0.3, -0.25) is 4.72 Å². The summed E-state index contributed by atoms with van der Waals surface area (Å²) in [5.74, 6) is 0. The second kappa shape index (κ2) is 5.19. The fourth-order valence-electron chi connectivity index (χ4n) is 1.64. The van der Waals surface area contributed by atoms with E-state index in [1.54, 1.807) is 25.1 Å². The molecule has 0 bridgehead atoms. The van der Waals surface area contributed by atoms with E-state index in [2.05, 4.69) is 9.71 Å². The van der Waals surface area contributed by atoms with Crippen LogP contribution in [-0.4, -0.2) is 13.4 Å². The van der Waals surface area contributed by atoms with Gasteiger partial charge < -0.3 is 0 Å². The van der Waals surface area contributed by atoms with Gasteiger partial charge in [-0.05, 0) is 43.2 Å². The maximum atomic E-state index is 12.3. The summed E-state index contributed by atoms with van der Waals surface area (Å²) in [6.07, 6.45) is 1.38. The second-order valence-electron chi connectivity index (χ2n) is 4.24. The fourth-order valence-corrected chi connectivity index (χ4v) is 3.13. The van der Waals surface area contributed by atoms with Gasteiger partial charge in [-0.1, -0.05) is 23.7 Å². The maximum Gasteiger partial charge on any atom is 0.262 e. The molecule has 0 radical (unpaired) electrons. The number of sulfonamides is 1. The molecule has 4 nitrogen and oxygen atoms in total. The van der Waals surface area contributed by atoms with Crippen LogP contribution >= 0.6 is 11.6 Å². The molecule has 0 unspecified atom stereocenters. The zero-order valence-corrected chi connectivity index (χ0v) is 12.1. The van der Waals surface area contributed by atoms with E-state index < -0.39 is 10.0 Å². The quantitative estimate of drug-likeness (QED) is 0.885. The largest absolute Gasteiger partial charge is 0.278 e. The summed E-state index contributed by atoms with van der Waals surface area (Å²) < 4.78 is 27.1. The number of anilines is 1. The van der Waals surface area contributed by atoms with Crippen molar-refractivity contribution in [3.63, 3.8) is 0 Å². The van der Waals surface area contributed by atoms with Gasteiger partial charge in [-0.15, -0.1) is 0 Å². The molecule has 0 aliphatic rings. The van der Waals surface area contributed by atoms with Crippen LogP contribution < -0.4 is 4.72 Å². The van der Waals surface area contributed by atoms with Crippen molar-refractivity contribution in [2.24, 2.45) is 0 Å². The Morgan fingerprint density at radius 3 is 2.53 bits per heavy atom. The highest BCUT2D eigenvalue weighted by molar-refractivity contribution is 7.92. The van der Waals surface area contributed by atoms with E-state index in [0.717, 1.165) is 5.56 Å². The molecule has 0 spiro atoms. The molecule has 100 valence electrons. The molecule has 0 amide bonds. The van der Waals surface area contributed by atoms with Crippen LogP contribution in [0.15, 0.2) is 41.4 Å². The highest BCUT2D eigenvalue weighted by atomic mass is 35.5.